The van der Waals surface area contributed by atoms with Crippen LogP contribution in [0.1, 0.15) is 11.8 Å². The van der Waals surface area contributed by atoms with Crippen molar-refractivity contribution in [3.05, 3.63) is 34.8 Å². The van der Waals surface area contributed by atoms with Gasteiger partial charge in [0.2, 0.25) is 0 Å². The zero-order valence-corrected chi connectivity index (χ0v) is 13.5. The van der Waals surface area contributed by atoms with E-state index in [9.17, 15) is 18.0 Å². The molecule has 0 unspecified atom stereocenters. The van der Waals surface area contributed by atoms with Crippen LogP contribution < -0.4 is 16.4 Å². The summed E-state index contributed by atoms with van der Waals surface area (Å²) in [5.41, 5.74) is 2.83. The second-order valence-corrected chi connectivity index (χ2v) is 5.47. The van der Waals surface area contributed by atoms with Crippen molar-refractivity contribution in [1.82, 2.24) is 10.3 Å². The van der Waals surface area contributed by atoms with Crippen LogP contribution in [0.2, 0.25) is 0 Å². The number of amides is 1. The first-order valence-electron chi connectivity index (χ1n) is 7.11. The van der Waals surface area contributed by atoms with Crippen LogP contribution in [0.5, 0.6) is 0 Å². The van der Waals surface area contributed by atoms with E-state index in [2.05, 4.69) is 15.6 Å². The van der Waals surface area contributed by atoms with Gasteiger partial charge in [-0.1, -0.05) is 11.6 Å². The van der Waals surface area contributed by atoms with Gasteiger partial charge in [0.15, 0.2) is 0 Å². The largest absolute Gasteiger partial charge is 0.432 e. The standard InChI is InChI=1S/C14H15ClF3N5O2/c15-10(12(20)14(16,17)18)11(19)13(24)23-7-1-2-8(22-5-7)9-6-21-3-4-25-9/h1-2,5,9,19,21H,3-4,6,20H2,(H,23,24)/t9-/m0/s1. The number of carbonyl (C=O) groups excluding carboxylic acids is 1. The third-order valence-corrected chi connectivity index (χ3v) is 3.68. The van der Waals surface area contributed by atoms with Gasteiger partial charge in [-0.2, -0.15) is 13.2 Å². The molecule has 1 amide bonds. The maximum absolute atomic E-state index is 12.4. The fraction of sp³-hybridized carbons (Fsp3) is 0.357. The van der Waals surface area contributed by atoms with Crippen molar-refractivity contribution in [2.75, 3.05) is 25.0 Å². The predicted octanol–water partition coefficient (Wildman–Crippen LogP) is 1.67. The lowest BCUT2D eigenvalue weighted by Gasteiger charge is -2.23. The number of ether oxygens (including phenoxy) is 1. The first kappa shape index (κ1) is 19.2. The predicted molar refractivity (Wildman–Crippen MR) is 85.3 cm³/mol. The Morgan fingerprint density at radius 1 is 1.48 bits per heavy atom. The molecule has 0 aromatic carbocycles. The number of halogens is 4. The highest BCUT2D eigenvalue weighted by molar-refractivity contribution is 6.60. The normalized spacial score (nSPS) is 19.1. The molecule has 0 radical (unpaired) electrons. The number of hydrogen-bond donors (Lipinski definition) is 4. The number of morpholine rings is 1. The van der Waals surface area contributed by atoms with Gasteiger partial charge in [0.05, 0.1) is 29.2 Å². The van der Waals surface area contributed by atoms with Crippen LogP contribution in [0.15, 0.2) is 29.1 Å². The molecule has 1 aromatic heterocycles. The average molecular weight is 378 g/mol. The zero-order chi connectivity index (χ0) is 18.6. The lowest BCUT2D eigenvalue weighted by molar-refractivity contribution is -0.110. The van der Waals surface area contributed by atoms with Gasteiger partial charge >= 0.3 is 6.18 Å². The highest BCUT2D eigenvalue weighted by Gasteiger charge is 2.36. The van der Waals surface area contributed by atoms with Crippen molar-refractivity contribution in [2.45, 2.75) is 12.3 Å². The van der Waals surface area contributed by atoms with Crippen molar-refractivity contribution >= 4 is 28.9 Å². The molecule has 0 spiro atoms. The van der Waals surface area contributed by atoms with E-state index in [1.807, 2.05) is 0 Å². The Balaban J connectivity index is 2.04. The second-order valence-electron chi connectivity index (χ2n) is 5.09. The Morgan fingerprint density at radius 2 is 2.20 bits per heavy atom. The molecular weight excluding hydrogens is 363 g/mol. The average Bonchev–Trinajstić information content (AvgIpc) is 2.60. The molecule has 136 valence electrons. The fourth-order valence-corrected chi connectivity index (χ4v) is 2.17. The van der Waals surface area contributed by atoms with E-state index in [0.29, 0.717) is 18.8 Å². The monoisotopic (exact) mass is 377 g/mol. The van der Waals surface area contributed by atoms with E-state index in [1.54, 1.807) is 6.07 Å². The Kier molecular flexibility index (Phi) is 5.98. The number of alkyl halides is 3. The van der Waals surface area contributed by atoms with E-state index in [0.717, 1.165) is 6.54 Å². The minimum Gasteiger partial charge on any atom is -0.393 e. The molecule has 2 heterocycles. The number of nitrogens with zero attached hydrogens (tertiary/aromatic N) is 1. The summed E-state index contributed by atoms with van der Waals surface area (Å²) in [6.45, 7) is 1.90. The summed E-state index contributed by atoms with van der Waals surface area (Å²) >= 11 is 5.36. The zero-order valence-electron chi connectivity index (χ0n) is 12.8. The van der Waals surface area contributed by atoms with Gasteiger partial charge in [0.1, 0.15) is 17.5 Å². The van der Waals surface area contributed by atoms with Crippen molar-refractivity contribution < 1.29 is 22.7 Å². The van der Waals surface area contributed by atoms with Gasteiger partial charge in [-0.15, -0.1) is 0 Å². The van der Waals surface area contributed by atoms with Crippen LogP contribution in [0, 0.1) is 5.41 Å². The summed E-state index contributed by atoms with van der Waals surface area (Å²) in [7, 11) is 0. The van der Waals surface area contributed by atoms with E-state index < -0.39 is 28.5 Å². The molecule has 11 heteroatoms. The smallest absolute Gasteiger partial charge is 0.393 e. The molecule has 5 N–H and O–H groups in total. The van der Waals surface area contributed by atoms with Gasteiger partial charge in [-0.25, -0.2) is 0 Å². The number of hydrogen-bond acceptors (Lipinski definition) is 6. The number of pyridine rings is 1. The van der Waals surface area contributed by atoms with Crippen LogP contribution >= 0.6 is 11.6 Å². The van der Waals surface area contributed by atoms with Gasteiger partial charge in [-0.3, -0.25) is 15.2 Å². The number of allylic oxidation sites excluding steroid dienone is 1. The summed E-state index contributed by atoms with van der Waals surface area (Å²) in [6.07, 6.45) is -3.84. The fourth-order valence-electron chi connectivity index (χ4n) is 1.98. The van der Waals surface area contributed by atoms with Gasteiger partial charge in [0, 0.05) is 13.1 Å². The molecule has 25 heavy (non-hydrogen) atoms. The summed E-state index contributed by atoms with van der Waals surface area (Å²) in [4.78, 5) is 16.0. The first-order valence-corrected chi connectivity index (χ1v) is 7.49. The Morgan fingerprint density at radius 3 is 2.72 bits per heavy atom. The van der Waals surface area contributed by atoms with Crippen LogP contribution in [0.4, 0.5) is 18.9 Å². The van der Waals surface area contributed by atoms with Crippen molar-refractivity contribution in [3.63, 3.8) is 0 Å². The quantitative estimate of drug-likeness (QED) is 0.596. The highest BCUT2D eigenvalue weighted by Crippen LogP contribution is 2.26. The van der Waals surface area contributed by atoms with Crippen LogP contribution in [-0.4, -0.2) is 42.5 Å². The van der Waals surface area contributed by atoms with Gasteiger partial charge in [-0.05, 0) is 12.1 Å². The third-order valence-electron chi connectivity index (χ3n) is 3.29. The summed E-state index contributed by atoms with van der Waals surface area (Å²) in [5.74, 6) is -1.14. The molecule has 0 saturated carbocycles. The Labute approximate surface area is 145 Å². The van der Waals surface area contributed by atoms with Crippen molar-refractivity contribution in [1.29, 1.82) is 5.41 Å². The number of carbonyl (C=O) groups is 1. The second kappa shape index (κ2) is 7.81. The summed E-state index contributed by atoms with van der Waals surface area (Å²) < 4.78 is 42.9. The van der Waals surface area contributed by atoms with E-state index in [1.165, 1.54) is 12.3 Å². The topological polar surface area (TPSA) is 113 Å². The summed E-state index contributed by atoms with van der Waals surface area (Å²) in [6, 6.07) is 3.11. The van der Waals surface area contributed by atoms with E-state index >= 15 is 0 Å². The van der Waals surface area contributed by atoms with Gasteiger partial charge < -0.3 is 21.1 Å². The molecule has 7 nitrogen and oxygen atoms in total. The third kappa shape index (κ3) is 4.91. The molecule has 1 saturated heterocycles. The molecule has 0 aliphatic carbocycles. The molecule has 1 aliphatic rings. The van der Waals surface area contributed by atoms with E-state index in [-0.39, 0.29) is 11.8 Å². The number of aromatic nitrogens is 1. The minimum atomic E-state index is -4.93. The first-order chi connectivity index (χ1) is 11.7. The van der Waals surface area contributed by atoms with Crippen LogP contribution in [-0.2, 0) is 9.53 Å². The summed E-state index contributed by atoms with van der Waals surface area (Å²) in [5, 5.41) is 11.6. The van der Waals surface area contributed by atoms with Gasteiger partial charge in [0.25, 0.3) is 5.91 Å². The SMILES string of the molecule is N=C(C(=O)Nc1ccc([C@@H]2CNCCO2)nc1)C(Cl)=C(N)C(F)(F)F. The molecule has 1 aliphatic heterocycles. The molecule has 1 atom stereocenters. The van der Waals surface area contributed by atoms with Crippen molar-refractivity contribution in [3.8, 4) is 0 Å². The number of nitrogens with two attached hydrogens (primary N) is 1. The molecule has 2 rings (SSSR count). The Hall–Kier alpha value is -2.17. The maximum Gasteiger partial charge on any atom is 0.432 e. The van der Waals surface area contributed by atoms with Crippen LogP contribution in [0.25, 0.3) is 0 Å². The maximum atomic E-state index is 12.4. The van der Waals surface area contributed by atoms with Crippen LogP contribution in [0.3, 0.4) is 0 Å². The van der Waals surface area contributed by atoms with Crippen molar-refractivity contribution in [2.24, 2.45) is 5.73 Å². The lowest BCUT2D eigenvalue weighted by atomic mass is 10.2. The Bertz CT molecular complexity index is 685. The lowest BCUT2D eigenvalue weighted by Crippen LogP contribution is -2.33. The highest BCUT2D eigenvalue weighted by atomic mass is 35.5. The number of nitrogens with one attached hydrogen (secondary N) is 3. The molecule has 1 fully saturated rings. The number of anilines is 1. The molecular formula is C14H15ClF3N5O2. The minimum absolute atomic E-state index is 0.192. The molecule has 0 bridgehead atoms. The molecule has 1 aromatic rings. The van der Waals surface area contributed by atoms with E-state index in [4.69, 9.17) is 27.5 Å². The number of rotatable bonds is 4.